The van der Waals surface area contributed by atoms with Gasteiger partial charge in [-0.05, 0) is 46.2 Å². The van der Waals surface area contributed by atoms with Crippen LogP contribution in [0.5, 0.6) is 0 Å². The Balaban J connectivity index is 0.00000361. The van der Waals surface area contributed by atoms with Crippen LogP contribution in [0.1, 0.15) is 40.5 Å². The monoisotopic (exact) mass is 396 g/mol. The molecule has 1 atom stereocenters. The summed E-state index contributed by atoms with van der Waals surface area (Å²) in [7, 11) is 6.12. The zero-order chi connectivity index (χ0) is 14.7. The minimum absolute atomic E-state index is 0. The first kappa shape index (κ1) is 20.0. The highest BCUT2D eigenvalue weighted by Gasteiger charge is 2.34. The molecule has 1 rings (SSSR count). The largest absolute Gasteiger partial charge is 0.354 e. The molecule has 1 fully saturated rings. The molecule has 1 aliphatic heterocycles. The maximum Gasteiger partial charge on any atom is 0.193 e. The van der Waals surface area contributed by atoms with Crippen LogP contribution < -0.4 is 5.32 Å². The summed E-state index contributed by atoms with van der Waals surface area (Å²) >= 11 is 0. The molecule has 120 valence electrons. The van der Waals surface area contributed by atoms with Gasteiger partial charge in [-0.1, -0.05) is 13.8 Å². The fourth-order valence-electron chi connectivity index (χ4n) is 2.28. The predicted octanol–water partition coefficient (Wildman–Crippen LogP) is 2.64. The standard InChI is InChI=1S/C15H32N4.HI/c1-8-15(4)9-10-19(12-15)13(16-5)17-11-14(2,3)18(6)7;/h8-12H2,1-7H3,(H,16,17);1H. The molecule has 0 saturated carbocycles. The van der Waals surface area contributed by atoms with Crippen LogP contribution >= 0.6 is 24.0 Å². The van der Waals surface area contributed by atoms with Crippen molar-refractivity contribution in [1.29, 1.82) is 0 Å². The molecule has 1 heterocycles. The average molecular weight is 396 g/mol. The Bertz CT molecular complexity index is 328. The van der Waals surface area contributed by atoms with E-state index >= 15 is 0 Å². The Hall–Kier alpha value is -0.0400. The number of likely N-dealkylation sites (tertiary alicyclic amines) is 1. The maximum atomic E-state index is 4.45. The first-order chi connectivity index (χ1) is 8.74. The second-order valence-corrected chi connectivity index (χ2v) is 6.94. The van der Waals surface area contributed by atoms with Crippen molar-refractivity contribution in [2.24, 2.45) is 10.4 Å². The van der Waals surface area contributed by atoms with Gasteiger partial charge in [-0.3, -0.25) is 4.99 Å². The molecule has 0 radical (unpaired) electrons. The Morgan fingerprint density at radius 1 is 1.40 bits per heavy atom. The fraction of sp³-hybridized carbons (Fsp3) is 0.933. The van der Waals surface area contributed by atoms with E-state index in [9.17, 15) is 0 Å². The van der Waals surface area contributed by atoms with Crippen LogP contribution in [0.25, 0.3) is 0 Å². The molecule has 0 aromatic rings. The summed E-state index contributed by atoms with van der Waals surface area (Å²) in [6, 6.07) is 0. The van der Waals surface area contributed by atoms with Crippen molar-refractivity contribution in [3.63, 3.8) is 0 Å². The molecule has 1 saturated heterocycles. The smallest absolute Gasteiger partial charge is 0.193 e. The number of guanidine groups is 1. The first-order valence-electron chi connectivity index (χ1n) is 7.37. The van der Waals surface area contributed by atoms with Crippen molar-refractivity contribution < 1.29 is 0 Å². The van der Waals surface area contributed by atoms with Crippen LogP contribution in [0.15, 0.2) is 4.99 Å². The number of nitrogens with zero attached hydrogens (tertiary/aromatic N) is 3. The highest BCUT2D eigenvalue weighted by atomic mass is 127. The van der Waals surface area contributed by atoms with Crippen molar-refractivity contribution in [3.8, 4) is 0 Å². The Kier molecular flexibility index (Phi) is 7.81. The third-order valence-electron chi connectivity index (χ3n) is 4.81. The van der Waals surface area contributed by atoms with E-state index in [1.807, 2.05) is 7.05 Å². The molecule has 1 aliphatic rings. The Morgan fingerprint density at radius 3 is 2.40 bits per heavy atom. The molecule has 0 aliphatic carbocycles. The predicted molar refractivity (Wildman–Crippen MR) is 99.1 cm³/mol. The van der Waals surface area contributed by atoms with Gasteiger partial charge in [0.1, 0.15) is 0 Å². The van der Waals surface area contributed by atoms with E-state index < -0.39 is 0 Å². The van der Waals surface area contributed by atoms with Gasteiger partial charge < -0.3 is 15.1 Å². The van der Waals surface area contributed by atoms with Gasteiger partial charge in [-0.2, -0.15) is 0 Å². The van der Waals surface area contributed by atoms with Gasteiger partial charge in [-0.25, -0.2) is 0 Å². The SMILES string of the molecule is CCC1(C)CCN(C(=NC)NCC(C)(C)N(C)C)C1.I. The van der Waals surface area contributed by atoms with Crippen molar-refractivity contribution in [2.75, 3.05) is 40.8 Å². The molecule has 1 N–H and O–H groups in total. The van der Waals surface area contributed by atoms with Gasteiger partial charge in [-0.15, -0.1) is 24.0 Å². The van der Waals surface area contributed by atoms with E-state index in [1.165, 1.54) is 12.8 Å². The van der Waals surface area contributed by atoms with Gasteiger partial charge in [0.15, 0.2) is 5.96 Å². The summed E-state index contributed by atoms with van der Waals surface area (Å²) in [6.07, 6.45) is 2.50. The zero-order valence-corrected chi connectivity index (χ0v) is 16.6. The fourth-order valence-corrected chi connectivity index (χ4v) is 2.28. The van der Waals surface area contributed by atoms with Crippen LogP contribution in [-0.2, 0) is 0 Å². The number of aliphatic imine (C=N–C) groups is 1. The maximum absolute atomic E-state index is 4.45. The lowest BCUT2D eigenvalue weighted by Crippen LogP contribution is -2.51. The summed E-state index contributed by atoms with van der Waals surface area (Å²) < 4.78 is 0. The second-order valence-electron chi connectivity index (χ2n) is 6.94. The molecular formula is C15H33IN4. The Labute approximate surface area is 142 Å². The van der Waals surface area contributed by atoms with E-state index in [1.54, 1.807) is 0 Å². The number of likely N-dealkylation sites (N-methyl/N-ethyl adjacent to an activating group) is 1. The number of rotatable bonds is 4. The zero-order valence-electron chi connectivity index (χ0n) is 14.3. The molecular weight excluding hydrogens is 363 g/mol. The molecule has 0 bridgehead atoms. The van der Waals surface area contributed by atoms with E-state index in [2.05, 4.69) is 61.9 Å². The molecule has 0 spiro atoms. The molecule has 1 unspecified atom stereocenters. The minimum Gasteiger partial charge on any atom is -0.354 e. The number of hydrogen-bond acceptors (Lipinski definition) is 2. The second kappa shape index (κ2) is 7.82. The van der Waals surface area contributed by atoms with Crippen molar-refractivity contribution in [1.82, 2.24) is 15.1 Å². The quantitative estimate of drug-likeness (QED) is 0.450. The summed E-state index contributed by atoms with van der Waals surface area (Å²) in [5.74, 6) is 1.05. The molecule has 0 aromatic carbocycles. The summed E-state index contributed by atoms with van der Waals surface area (Å²) in [5, 5.41) is 3.53. The third-order valence-corrected chi connectivity index (χ3v) is 4.81. The lowest BCUT2D eigenvalue weighted by molar-refractivity contribution is 0.196. The topological polar surface area (TPSA) is 30.9 Å². The molecule has 0 aromatic heterocycles. The highest BCUT2D eigenvalue weighted by molar-refractivity contribution is 14.0. The molecule has 20 heavy (non-hydrogen) atoms. The lowest BCUT2D eigenvalue weighted by Gasteiger charge is -2.34. The highest BCUT2D eigenvalue weighted by Crippen LogP contribution is 2.32. The van der Waals surface area contributed by atoms with E-state index in [0.717, 1.165) is 25.6 Å². The van der Waals surface area contributed by atoms with Crippen molar-refractivity contribution >= 4 is 29.9 Å². The van der Waals surface area contributed by atoms with Crippen LogP contribution in [0.3, 0.4) is 0 Å². The van der Waals surface area contributed by atoms with Gasteiger partial charge in [0.05, 0.1) is 0 Å². The number of hydrogen-bond donors (Lipinski definition) is 1. The van der Waals surface area contributed by atoms with E-state index in [-0.39, 0.29) is 29.5 Å². The lowest BCUT2D eigenvalue weighted by atomic mass is 9.87. The minimum atomic E-state index is 0. The first-order valence-corrected chi connectivity index (χ1v) is 7.37. The van der Waals surface area contributed by atoms with Crippen LogP contribution in [0.2, 0.25) is 0 Å². The van der Waals surface area contributed by atoms with Crippen LogP contribution in [0.4, 0.5) is 0 Å². The Morgan fingerprint density at radius 2 is 2.00 bits per heavy atom. The molecule has 0 amide bonds. The van der Waals surface area contributed by atoms with Gasteiger partial charge in [0, 0.05) is 32.2 Å². The van der Waals surface area contributed by atoms with Crippen LogP contribution in [0, 0.1) is 5.41 Å². The third kappa shape index (κ3) is 5.06. The molecule has 5 heteroatoms. The average Bonchev–Trinajstić information content (AvgIpc) is 2.73. The van der Waals surface area contributed by atoms with Crippen molar-refractivity contribution in [2.45, 2.75) is 46.1 Å². The van der Waals surface area contributed by atoms with Crippen molar-refractivity contribution in [3.05, 3.63) is 0 Å². The molecule has 4 nitrogen and oxygen atoms in total. The summed E-state index contributed by atoms with van der Waals surface area (Å²) in [6.45, 7) is 12.3. The number of nitrogens with one attached hydrogen (secondary N) is 1. The van der Waals surface area contributed by atoms with E-state index in [0.29, 0.717) is 5.41 Å². The summed E-state index contributed by atoms with van der Waals surface area (Å²) in [4.78, 5) is 9.09. The van der Waals surface area contributed by atoms with Gasteiger partial charge in [0.25, 0.3) is 0 Å². The van der Waals surface area contributed by atoms with Gasteiger partial charge >= 0.3 is 0 Å². The van der Waals surface area contributed by atoms with Gasteiger partial charge in [0.2, 0.25) is 0 Å². The van der Waals surface area contributed by atoms with Crippen LogP contribution in [-0.4, -0.2) is 62.1 Å². The number of halogens is 1. The summed E-state index contributed by atoms with van der Waals surface area (Å²) in [5.41, 5.74) is 0.582. The van der Waals surface area contributed by atoms with E-state index in [4.69, 9.17) is 0 Å². The normalized spacial score (nSPS) is 24.0.